The van der Waals surface area contributed by atoms with Gasteiger partial charge >= 0.3 is 0 Å². The molecule has 0 bridgehead atoms. The van der Waals surface area contributed by atoms with Crippen LogP contribution in [-0.4, -0.2) is 18.1 Å². The molecule has 2 aliphatic heterocycles. The predicted molar refractivity (Wildman–Crippen MR) is 84.3 cm³/mol. The van der Waals surface area contributed by atoms with Crippen LogP contribution in [0.4, 0.5) is 5.69 Å². The van der Waals surface area contributed by atoms with Crippen molar-refractivity contribution in [3.8, 4) is 5.75 Å². The Labute approximate surface area is 125 Å². The number of fused-ring (bicyclic) bond motifs is 2. The summed E-state index contributed by atoms with van der Waals surface area (Å²) in [5.41, 5.74) is 12.3. The SMILES string of the molecule is Nc1ccc2c(c1)CN(CCc1ccc3c(c1)CCO3)C2. The van der Waals surface area contributed by atoms with E-state index in [0.717, 1.165) is 50.5 Å². The Bertz CT molecular complexity index is 681. The van der Waals surface area contributed by atoms with Gasteiger partial charge in [-0.3, -0.25) is 4.90 Å². The quantitative estimate of drug-likeness (QED) is 0.879. The molecule has 3 nitrogen and oxygen atoms in total. The topological polar surface area (TPSA) is 38.5 Å². The zero-order valence-corrected chi connectivity index (χ0v) is 12.1. The molecule has 2 aliphatic rings. The lowest BCUT2D eigenvalue weighted by molar-refractivity contribution is 0.288. The first-order chi connectivity index (χ1) is 10.3. The van der Waals surface area contributed by atoms with Gasteiger partial charge in [0.25, 0.3) is 0 Å². The van der Waals surface area contributed by atoms with Crippen LogP contribution in [0.3, 0.4) is 0 Å². The summed E-state index contributed by atoms with van der Waals surface area (Å²) in [6.45, 7) is 3.99. The largest absolute Gasteiger partial charge is 0.493 e. The number of hydrogen-bond donors (Lipinski definition) is 1. The standard InChI is InChI=1S/C18H20N2O/c19-17-3-2-15-11-20(12-16(15)10-17)7-5-13-1-4-18-14(9-13)6-8-21-18/h1-4,9-10H,5-8,11-12,19H2. The van der Waals surface area contributed by atoms with Crippen LogP contribution in [0.5, 0.6) is 5.75 Å². The van der Waals surface area contributed by atoms with Crippen LogP contribution in [0.15, 0.2) is 36.4 Å². The maximum absolute atomic E-state index is 5.86. The zero-order valence-electron chi connectivity index (χ0n) is 12.1. The smallest absolute Gasteiger partial charge is 0.122 e. The lowest BCUT2D eigenvalue weighted by atomic mass is 10.1. The van der Waals surface area contributed by atoms with E-state index in [0.29, 0.717) is 0 Å². The van der Waals surface area contributed by atoms with E-state index in [-0.39, 0.29) is 0 Å². The van der Waals surface area contributed by atoms with Crippen molar-refractivity contribution >= 4 is 5.69 Å². The summed E-state index contributed by atoms with van der Waals surface area (Å²) in [6.07, 6.45) is 2.15. The molecule has 2 N–H and O–H groups in total. The van der Waals surface area contributed by atoms with Crippen molar-refractivity contribution < 1.29 is 4.74 Å². The summed E-state index contributed by atoms with van der Waals surface area (Å²) < 4.78 is 5.56. The fourth-order valence-corrected chi connectivity index (χ4v) is 3.33. The molecule has 21 heavy (non-hydrogen) atoms. The molecule has 0 saturated carbocycles. The number of nitrogen functional groups attached to an aromatic ring is 1. The molecule has 0 saturated heterocycles. The fraction of sp³-hybridized carbons (Fsp3) is 0.333. The monoisotopic (exact) mass is 280 g/mol. The lowest BCUT2D eigenvalue weighted by Crippen LogP contribution is -2.19. The number of anilines is 1. The third kappa shape index (κ3) is 2.49. The van der Waals surface area contributed by atoms with Crippen LogP contribution in [0, 0.1) is 0 Å². The van der Waals surface area contributed by atoms with Crippen molar-refractivity contribution in [2.24, 2.45) is 0 Å². The molecule has 4 rings (SSSR count). The second kappa shape index (κ2) is 5.08. The Balaban J connectivity index is 1.40. The van der Waals surface area contributed by atoms with Gasteiger partial charge in [0.05, 0.1) is 6.61 Å². The van der Waals surface area contributed by atoms with Crippen LogP contribution >= 0.6 is 0 Å². The third-order valence-electron chi connectivity index (χ3n) is 4.49. The molecule has 0 spiro atoms. The molecule has 108 valence electrons. The van der Waals surface area contributed by atoms with Gasteiger partial charge in [-0.1, -0.05) is 18.2 Å². The molecule has 0 fully saturated rings. The minimum absolute atomic E-state index is 0.835. The second-order valence-corrected chi connectivity index (χ2v) is 6.03. The summed E-state index contributed by atoms with van der Waals surface area (Å²) in [7, 11) is 0. The van der Waals surface area contributed by atoms with E-state index < -0.39 is 0 Å². The van der Waals surface area contributed by atoms with Crippen LogP contribution in [0.1, 0.15) is 22.3 Å². The Morgan fingerprint density at radius 2 is 1.90 bits per heavy atom. The van der Waals surface area contributed by atoms with Gasteiger partial charge in [-0.2, -0.15) is 0 Å². The molecular weight excluding hydrogens is 260 g/mol. The van der Waals surface area contributed by atoms with Gasteiger partial charge < -0.3 is 10.5 Å². The van der Waals surface area contributed by atoms with Gasteiger partial charge in [0.15, 0.2) is 0 Å². The van der Waals surface area contributed by atoms with Crippen LogP contribution < -0.4 is 10.5 Å². The Kier molecular flexibility index (Phi) is 3.08. The summed E-state index contributed by atoms with van der Waals surface area (Å²) in [5, 5.41) is 0. The van der Waals surface area contributed by atoms with E-state index in [1.807, 2.05) is 6.07 Å². The highest BCUT2D eigenvalue weighted by molar-refractivity contribution is 5.46. The van der Waals surface area contributed by atoms with Gasteiger partial charge in [0.1, 0.15) is 5.75 Å². The lowest BCUT2D eigenvalue weighted by Gasteiger charge is -2.14. The van der Waals surface area contributed by atoms with Gasteiger partial charge in [0, 0.05) is 31.7 Å². The van der Waals surface area contributed by atoms with E-state index >= 15 is 0 Å². The van der Waals surface area contributed by atoms with Crippen LogP contribution in [-0.2, 0) is 25.9 Å². The molecule has 2 aromatic carbocycles. The normalized spacial score (nSPS) is 16.6. The van der Waals surface area contributed by atoms with Crippen molar-refractivity contribution in [2.45, 2.75) is 25.9 Å². The molecule has 2 aromatic rings. The highest BCUT2D eigenvalue weighted by Gasteiger charge is 2.19. The zero-order chi connectivity index (χ0) is 14.2. The Hall–Kier alpha value is -2.00. The van der Waals surface area contributed by atoms with E-state index in [1.54, 1.807) is 0 Å². The minimum atomic E-state index is 0.835. The molecule has 0 aromatic heterocycles. The van der Waals surface area contributed by atoms with E-state index in [9.17, 15) is 0 Å². The molecule has 0 amide bonds. The molecule has 0 atom stereocenters. The summed E-state index contributed by atoms with van der Waals surface area (Å²) in [4.78, 5) is 2.49. The highest BCUT2D eigenvalue weighted by atomic mass is 16.5. The van der Waals surface area contributed by atoms with E-state index in [1.165, 1.54) is 22.3 Å². The van der Waals surface area contributed by atoms with Crippen LogP contribution in [0.25, 0.3) is 0 Å². The third-order valence-corrected chi connectivity index (χ3v) is 4.49. The molecule has 0 radical (unpaired) electrons. The number of benzene rings is 2. The van der Waals surface area contributed by atoms with Crippen molar-refractivity contribution in [3.05, 3.63) is 58.7 Å². The summed E-state index contributed by atoms with van der Waals surface area (Å²) in [6, 6.07) is 12.9. The second-order valence-electron chi connectivity index (χ2n) is 6.03. The Morgan fingerprint density at radius 1 is 1.00 bits per heavy atom. The maximum atomic E-state index is 5.86. The van der Waals surface area contributed by atoms with Gasteiger partial charge in [-0.25, -0.2) is 0 Å². The van der Waals surface area contributed by atoms with Crippen molar-refractivity contribution in [3.63, 3.8) is 0 Å². The summed E-state index contributed by atoms with van der Waals surface area (Å²) in [5.74, 6) is 1.07. The molecular formula is C18H20N2O. The first kappa shape index (κ1) is 12.7. The van der Waals surface area contributed by atoms with Crippen LogP contribution in [0.2, 0.25) is 0 Å². The molecule has 0 unspecified atom stereocenters. The molecule has 0 aliphatic carbocycles. The number of rotatable bonds is 3. The predicted octanol–water partition coefficient (Wildman–Crippen LogP) is 2.76. The first-order valence-corrected chi connectivity index (χ1v) is 7.62. The first-order valence-electron chi connectivity index (χ1n) is 7.62. The average Bonchev–Trinajstić information content (AvgIpc) is 3.09. The van der Waals surface area contributed by atoms with Gasteiger partial charge in [-0.15, -0.1) is 0 Å². The molecule has 2 heterocycles. The maximum Gasteiger partial charge on any atom is 0.122 e. The highest BCUT2D eigenvalue weighted by Crippen LogP contribution is 2.27. The number of hydrogen-bond acceptors (Lipinski definition) is 3. The van der Waals surface area contributed by atoms with Crippen molar-refractivity contribution in [1.29, 1.82) is 0 Å². The number of nitrogens with zero attached hydrogens (tertiary/aromatic N) is 1. The number of nitrogens with two attached hydrogens (primary N) is 1. The minimum Gasteiger partial charge on any atom is -0.493 e. The van der Waals surface area contributed by atoms with Crippen molar-refractivity contribution in [2.75, 3.05) is 18.9 Å². The number of ether oxygens (including phenoxy) is 1. The molecule has 3 heteroatoms. The average molecular weight is 280 g/mol. The van der Waals surface area contributed by atoms with E-state index in [4.69, 9.17) is 10.5 Å². The van der Waals surface area contributed by atoms with E-state index in [2.05, 4.69) is 35.2 Å². The Morgan fingerprint density at radius 3 is 2.86 bits per heavy atom. The fourth-order valence-electron chi connectivity index (χ4n) is 3.33. The van der Waals surface area contributed by atoms with Gasteiger partial charge in [0.2, 0.25) is 0 Å². The summed E-state index contributed by atoms with van der Waals surface area (Å²) >= 11 is 0. The van der Waals surface area contributed by atoms with Gasteiger partial charge in [-0.05, 0) is 46.9 Å². The van der Waals surface area contributed by atoms with Crippen molar-refractivity contribution in [1.82, 2.24) is 4.90 Å².